The van der Waals surface area contributed by atoms with Crippen molar-refractivity contribution in [2.45, 2.75) is 25.3 Å². The molecule has 0 saturated carbocycles. The van der Waals surface area contributed by atoms with Crippen LogP contribution in [0.4, 0.5) is 0 Å². The second kappa shape index (κ2) is 11.2. The number of halogens is 2. The summed E-state index contributed by atoms with van der Waals surface area (Å²) in [5.41, 5.74) is 1.73. The summed E-state index contributed by atoms with van der Waals surface area (Å²) in [7, 11) is 1.56. The number of aliphatic hydroxyl groups is 1. The summed E-state index contributed by atoms with van der Waals surface area (Å²) in [6, 6.07) is 23.7. The van der Waals surface area contributed by atoms with Crippen molar-refractivity contribution < 1.29 is 14.6 Å². The lowest BCUT2D eigenvalue weighted by molar-refractivity contribution is -0.0167. The molecule has 6 nitrogen and oxygen atoms in total. The number of aromatic nitrogens is 2. The molecule has 1 amide bonds. The van der Waals surface area contributed by atoms with E-state index in [4.69, 9.17) is 27.9 Å². The van der Waals surface area contributed by atoms with Crippen molar-refractivity contribution in [1.82, 2.24) is 14.9 Å². The van der Waals surface area contributed by atoms with Crippen LogP contribution < -0.4 is 0 Å². The first-order valence-electron chi connectivity index (χ1n) is 11.2. The number of benzene rings is 2. The molecule has 8 heteroatoms. The summed E-state index contributed by atoms with van der Waals surface area (Å²) in [5.74, 6) is -0.178. The molecule has 1 aliphatic heterocycles. The monoisotopic (exact) mass is 521 g/mol. The summed E-state index contributed by atoms with van der Waals surface area (Å²) in [6.45, 7) is 1.95. The molecule has 4 aromatic rings. The Morgan fingerprint density at radius 2 is 1.72 bits per heavy atom. The fourth-order valence-corrected chi connectivity index (χ4v) is 4.24. The number of hydrogen-bond donors (Lipinski definition) is 1. The summed E-state index contributed by atoms with van der Waals surface area (Å²) in [4.78, 5) is 23.3. The number of carbonyl (C=O) groups excluding carboxylic acids is 1. The molecular formula is C28H25Cl2N3O3. The Hall–Kier alpha value is -3.29. The molecule has 0 fully saturated rings. The minimum absolute atomic E-state index is 0.178. The van der Waals surface area contributed by atoms with Gasteiger partial charge in [0.05, 0.1) is 23.0 Å². The molecule has 0 saturated heterocycles. The zero-order chi connectivity index (χ0) is 25.7. The highest BCUT2D eigenvalue weighted by Gasteiger charge is 2.39. The van der Waals surface area contributed by atoms with Gasteiger partial charge in [-0.2, -0.15) is 0 Å². The van der Waals surface area contributed by atoms with Gasteiger partial charge in [0.1, 0.15) is 5.60 Å². The zero-order valence-corrected chi connectivity index (χ0v) is 21.3. The van der Waals surface area contributed by atoms with Crippen molar-refractivity contribution >= 4 is 29.1 Å². The number of rotatable bonds is 5. The van der Waals surface area contributed by atoms with E-state index in [9.17, 15) is 9.90 Å². The van der Waals surface area contributed by atoms with Gasteiger partial charge in [0.15, 0.2) is 6.23 Å². The second-order valence-electron chi connectivity index (χ2n) is 8.37. The van der Waals surface area contributed by atoms with Gasteiger partial charge in [0.2, 0.25) is 0 Å². The molecule has 1 aliphatic rings. The fraction of sp³-hybridized carbons (Fsp3) is 0.179. The van der Waals surface area contributed by atoms with Crippen molar-refractivity contribution in [1.29, 1.82) is 0 Å². The molecular weight excluding hydrogens is 497 g/mol. The Balaban J connectivity index is 0.000000375. The number of methoxy groups -OCH3 is 1. The highest BCUT2D eigenvalue weighted by atomic mass is 35.5. The fourth-order valence-electron chi connectivity index (χ4n) is 3.99. The van der Waals surface area contributed by atoms with E-state index in [-0.39, 0.29) is 12.5 Å². The van der Waals surface area contributed by atoms with Gasteiger partial charge in [-0.05, 0) is 55.0 Å². The van der Waals surface area contributed by atoms with E-state index < -0.39 is 11.8 Å². The van der Waals surface area contributed by atoms with Crippen LogP contribution >= 0.6 is 23.2 Å². The standard InChI is InChI=1S/C22H20ClN3O3.C6H5Cl/c1-22(28,19-5-3-4-10-24-19)14-6-9-17-18(11-14)20(27)26(21(17)29-2)13-16-8-7-15(23)12-25-16;7-6-4-2-1-3-5-6/h3-12,21,28H,13H2,1-2H3;1-5H. The van der Waals surface area contributed by atoms with Crippen LogP contribution in [0.2, 0.25) is 10.0 Å². The first-order valence-corrected chi connectivity index (χ1v) is 12.0. The van der Waals surface area contributed by atoms with Gasteiger partial charge in [0, 0.05) is 35.7 Å². The number of amides is 1. The third-order valence-corrected chi connectivity index (χ3v) is 6.37. The van der Waals surface area contributed by atoms with Gasteiger partial charge in [-0.3, -0.25) is 14.8 Å². The Kier molecular flexibility index (Phi) is 8.01. The van der Waals surface area contributed by atoms with Crippen molar-refractivity contribution in [2.75, 3.05) is 7.11 Å². The highest BCUT2D eigenvalue weighted by molar-refractivity contribution is 6.30. The lowest BCUT2D eigenvalue weighted by Crippen LogP contribution is -2.29. The topological polar surface area (TPSA) is 75.6 Å². The van der Waals surface area contributed by atoms with Crippen LogP contribution in [0.5, 0.6) is 0 Å². The van der Waals surface area contributed by atoms with E-state index in [0.29, 0.717) is 27.5 Å². The highest BCUT2D eigenvalue weighted by Crippen LogP contribution is 2.38. The Morgan fingerprint density at radius 1 is 0.972 bits per heavy atom. The molecule has 5 rings (SSSR count). The Bertz CT molecular complexity index is 1320. The molecule has 0 spiro atoms. The SMILES string of the molecule is COC1c2ccc(C(C)(O)c3ccccn3)cc2C(=O)N1Cc1ccc(Cl)cn1.Clc1ccccc1. The maximum atomic E-state index is 13.1. The van der Waals surface area contributed by atoms with Crippen LogP contribution in [0.15, 0.2) is 91.3 Å². The molecule has 2 aromatic carbocycles. The molecule has 0 aliphatic carbocycles. The number of carbonyl (C=O) groups is 1. The molecule has 36 heavy (non-hydrogen) atoms. The van der Waals surface area contributed by atoms with Crippen molar-refractivity contribution in [3.8, 4) is 0 Å². The average molecular weight is 522 g/mol. The summed E-state index contributed by atoms with van der Waals surface area (Å²) in [6.07, 6.45) is 2.66. The number of fused-ring (bicyclic) bond motifs is 1. The Labute approximate surface area is 220 Å². The van der Waals surface area contributed by atoms with E-state index in [0.717, 1.165) is 10.6 Å². The molecule has 2 atom stereocenters. The number of ether oxygens (including phenoxy) is 1. The third kappa shape index (κ3) is 5.58. The van der Waals surface area contributed by atoms with Crippen LogP contribution in [0.3, 0.4) is 0 Å². The molecule has 0 bridgehead atoms. The van der Waals surface area contributed by atoms with Crippen LogP contribution in [0.25, 0.3) is 0 Å². The lowest BCUT2D eigenvalue weighted by atomic mass is 9.89. The smallest absolute Gasteiger partial charge is 0.256 e. The first kappa shape index (κ1) is 25.8. The van der Waals surface area contributed by atoms with Crippen LogP contribution in [0, 0.1) is 0 Å². The predicted molar refractivity (Wildman–Crippen MR) is 140 cm³/mol. The van der Waals surface area contributed by atoms with Crippen LogP contribution in [0.1, 0.15) is 46.0 Å². The second-order valence-corrected chi connectivity index (χ2v) is 9.25. The molecule has 0 radical (unpaired) electrons. The van der Waals surface area contributed by atoms with Gasteiger partial charge >= 0.3 is 0 Å². The minimum atomic E-state index is -1.33. The Morgan fingerprint density at radius 3 is 2.31 bits per heavy atom. The van der Waals surface area contributed by atoms with Gasteiger partial charge < -0.3 is 14.7 Å². The van der Waals surface area contributed by atoms with Crippen molar-refractivity contribution in [3.63, 3.8) is 0 Å². The first-order chi connectivity index (χ1) is 17.3. The number of nitrogens with zero attached hydrogens (tertiary/aromatic N) is 3. The van der Waals surface area contributed by atoms with Gasteiger partial charge in [-0.1, -0.05) is 59.6 Å². The maximum Gasteiger partial charge on any atom is 0.256 e. The minimum Gasteiger partial charge on any atom is -0.379 e. The largest absolute Gasteiger partial charge is 0.379 e. The molecule has 2 aromatic heterocycles. The quantitative estimate of drug-likeness (QED) is 0.347. The van der Waals surface area contributed by atoms with E-state index in [1.807, 2.05) is 42.5 Å². The van der Waals surface area contributed by atoms with Crippen LogP contribution in [-0.2, 0) is 16.9 Å². The summed E-state index contributed by atoms with van der Waals surface area (Å²) in [5, 5.41) is 12.4. The van der Waals surface area contributed by atoms with E-state index >= 15 is 0 Å². The molecule has 2 unspecified atom stereocenters. The van der Waals surface area contributed by atoms with E-state index in [2.05, 4.69) is 9.97 Å². The summed E-state index contributed by atoms with van der Waals surface area (Å²) >= 11 is 11.4. The predicted octanol–water partition coefficient (Wildman–Crippen LogP) is 6.03. The van der Waals surface area contributed by atoms with Gasteiger partial charge in [0.25, 0.3) is 5.91 Å². The average Bonchev–Trinajstić information content (AvgIpc) is 3.16. The molecule has 184 valence electrons. The molecule has 1 N–H and O–H groups in total. The van der Waals surface area contributed by atoms with Gasteiger partial charge in [-0.25, -0.2) is 0 Å². The molecule has 3 heterocycles. The number of pyridine rings is 2. The van der Waals surface area contributed by atoms with Crippen molar-refractivity contribution in [2.24, 2.45) is 0 Å². The van der Waals surface area contributed by atoms with E-state index in [1.54, 1.807) is 67.7 Å². The van der Waals surface area contributed by atoms with E-state index in [1.165, 1.54) is 0 Å². The zero-order valence-electron chi connectivity index (χ0n) is 19.8. The number of hydrogen-bond acceptors (Lipinski definition) is 5. The lowest BCUT2D eigenvalue weighted by Gasteiger charge is -2.24. The van der Waals surface area contributed by atoms with Crippen molar-refractivity contribution in [3.05, 3.63) is 129 Å². The summed E-state index contributed by atoms with van der Waals surface area (Å²) < 4.78 is 5.60. The maximum absolute atomic E-state index is 13.1. The normalized spacial score (nSPS) is 16.1. The third-order valence-electron chi connectivity index (χ3n) is 5.90. The van der Waals surface area contributed by atoms with Crippen LogP contribution in [-0.4, -0.2) is 33.0 Å². The van der Waals surface area contributed by atoms with Gasteiger partial charge in [-0.15, -0.1) is 0 Å².